The molecule has 1 fully saturated rings. The van der Waals surface area contributed by atoms with E-state index in [1.165, 1.54) is 6.42 Å². The molecule has 0 aliphatic carbocycles. The number of nitrogen functional groups attached to an aromatic ring is 1. The van der Waals surface area contributed by atoms with Crippen LogP contribution in [0, 0.1) is 5.82 Å². The summed E-state index contributed by atoms with van der Waals surface area (Å²) in [7, 11) is 5.19. The van der Waals surface area contributed by atoms with Crippen molar-refractivity contribution < 1.29 is 18.7 Å². The minimum atomic E-state index is -0.588. The molecule has 2 aromatic rings. The number of benzene rings is 1. The van der Waals surface area contributed by atoms with E-state index in [0.29, 0.717) is 17.4 Å². The van der Waals surface area contributed by atoms with Crippen LogP contribution in [0.2, 0.25) is 0 Å². The summed E-state index contributed by atoms with van der Waals surface area (Å²) in [6.07, 6.45) is 10.4. The average molecular weight is 584 g/mol. The highest BCUT2D eigenvalue weighted by Gasteiger charge is 2.20. The Hall–Kier alpha value is -3.69. The summed E-state index contributed by atoms with van der Waals surface area (Å²) < 4.78 is 24.1. The molecule has 1 saturated heterocycles. The number of aromatic nitrogens is 1. The molecule has 8 nitrogen and oxygen atoms in total. The average Bonchev–Trinajstić information content (AvgIpc) is 3.03. The number of carbonyl (C=O) groups excluding carboxylic acids is 1. The number of carbonyl (C=O) groups is 1. The van der Waals surface area contributed by atoms with E-state index < -0.39 is 11.7 Å². The van der Waals surface area contributed by atoms with Gasteiger partial charge in [-0.2, -0.15) is 0 Å². The van der Waals surface area contributed by atoms with Gasteiger partial charge in [0.2, 0.25) is 0 Å². The normalized spacial score (nSPS) is 14.0. The molecule has 1 aliphatic rings. The molecule has 3 rings (SSSR count). The molecule has 1 aromatic carbocycles. The molecule has 1 amide bonds. The van der Waals surface area contributed by atoms with E-state index in [0.717, 1.165) is 56.4 Å². The Bertz CT molecular complexity index is 1170. The van der Waals surface area contributed by atoms with Gasteiger partial charge in [-0.25, -0.2) is 9.37 Å². The van der Waals surface area contributed by atoms with Crippen LogP contribution in [0.1, 0.15) is 63.9 Å². The number of rotatable bonds is 10. The molecule has 4 N–H and O–H groups in total. The number of nitrogens with two attached hydrogens (primary N) is 1. The zero-order valence-corrected chi connectivity index (χ0v) is 26.4. The third-order valence-corrected chi connectivity index (χ3v) is 6.66. The van der Waals surface area contributed by atoms with Crippen LogP contribution in [0.5, 0.6) is 0 Å². The number of likely N-dealkylation sites (tertiary alicyclic amines) is 1. The van der Waals surface area contributed by atoms with Crippen LogP contribution >= 0.6 is 0 Å². The van der Waals surface area contributed by atoms with Gasteiger partial charge in [0.1, 0.15) is 5.69 Å². The Morgan fingerprint density at radius 1 is 1.21 bits per heavy atom. The summed E-state index contributed by atoms with van der Waals surface area (Å²) in [5, 5.41) is 5.89. The van der Waals surface area contributed by atoms with E-state index in [-0.39, 0.29) is 17.1 Å². The van der Waals surface area contributed by atoms with Crippen LogP contribution in [-0.4, -0.2) is 62.9 Å². The molecule has 0 spiro atoms. The van der Waals surface area contributed by atoms with Gasteiger partial charge in [-0.05, 0) is 70.7 Å². The summed E-state index contributed by atoms with van der Waals surface area (Å²) in [6.45, 7) is 14.6. The number of amides is 1. The Kier molecular flexibility index (Phi) is 17.5. The van der Waals surface area contributed by atoms with Crippen molar-refractivity contribution in [2.24, 2.45) is 0 Å². The molecule has 9 heteroatoms. The summed E-state index contributed by atoms with van der Waals surface area (Å²) in [6, 6.07) is 8.28. The number of piperidine rings is 1. The molecular weight excluding hydrogens is 533 g/mol. The van der Waals surface area contributed by atoms with Crippen molar-refractivity contribution in [2.45, 2.75) is 59.5 Å². The maximum Gasteiger partial charge on any atom is 0.276 e. The zero-order chi connectivity index (χ0) is 31.5. The van der Waals surface area contributed by atoms with E-state index in [1.807, 2.05) is 32.1 Å². The number of allylic oxidation sites excluding steroid dienone is 3. The van der Waals surface area contributed by atoms with Crippen molar-refractivity contribution in [3.8, 4) is 11.3 Å². The highest BCUT2D eigenvalue weighted by Crippen LogP contribution is 2.27. The second-order valence-electron chi connectivity index (χ2n) is 9.62. The highest BCUT2D eigenvalue weighted by molar-refractivity contribution is 5.99. The highest BCUT2D eigenvalue weighted by atomic mass is 19.1. The van der Waals surface area contributed by atoms with Gasteiger partial charge >= 0.3 is 0 Å². The molecule has 1 atom stereocenters. The summed E-state index contributed by atoms with van der Waals surface area (Å²) in [5.74, 6) is -1.10. The quantitative estimate of drug-likeness (QED) is 0.265. The lowest BCUT2D eigenvalue weighted by atomic mass is 10.1. The summed E-state index contributed by atoms with van der Waals surface area (Å²) >= 11 is 0. The van der Waals surface area contributed by atoms with Crippen molar-refractivity contribution in [3.63, 3.8) is 0 Å². The number of methoxy groups -OCH3 is 2. The molecule has 1 aromatic heterocycles. The molecule has 0 radical (unpaired) electrons. The molecular formula is C33H50FN5O3. The maximum atomic E-state index is 14.7. The van der Waals surface area contributed by atoms with Crippen molar-refractivity contribution in [1.29, 1.82) is 0 Å². The van der Waals surface area contributed by atoms with Gasteiger partial charge in [0, 0.05) is 58.3 Å². The molecule has 2 heterocycles. The van der Waals surface area contributed by atoms with Crippen molar-refractivity contribution in [3.05, 3.63) is 78.0 Å². The van der Waals surface area contributed by atoms with Crippen LogP contribution in [-0.2, 0) is 9.47 Å². The third-order valence-electron chi connectivity index (χ3n) is 6.66. The maximum absolute atomic E-state index is 14.7. The Labute approximate surface area is 251 Å². The Morgan fingerprint density at radius 2 is 1.88 bits per heavy atom. The number of pyridine rings is 1. The number of halogens is 1. The van der Waals surface area contributed by atoms with Gasteiger partial charge in [0.25, 0.3) is 5.91 Å². The molecule has 42 heavy (non-hydrogen) atoms. The number of hydrogen-bond donors (Lipinski definition) is 3. The van der Waals surface area contributed by atoms with Crippen LogP contribution in [0.4, 0.5) is 15.8 Å². The van der Waals surface area contributed by atoms with E-state index in [9.17, 15) is 9.18 Å². The van der Waals surface area contributed by atoms with Crippen LogP contribution < -0.4 is 16.4 Å². The van der Waals surface area contributed by atoms with Gasteiger partial charge in [-0.1, -0.05) is 31.7 Å². The fraction of sp³-hybridized carbons (Fsp3) is 0.455. The monoisotopic (exact) mass is 583 g/mol. The summed E-state index contributed by atoms with van der Waals surface area (Å²) in [4.78, 5) is 19.7. The Balaban J connectivity index is 0.000000760. The molecule has 1 aliphatic heterocycles. The minimum Gasteiger partial charge on any atom is -0.397 e. The molecule has 1 unspecified atom stereocenters. The number of nitrogens with zero attached hydrogens (tertiary/aromatic N) is 2. The second-order valence-corrected chi connectivity index (χ2v) is 9.62. The van der Waals surface area contributed by atoms with Crippen LogP contribution in [0.15, 0.2) is 66.5 Å². The lowest BCUT2D eigenvalue weighted by molar-refractivity contribution is 0.0961. The fourth-order valence-corrected chi connectivity index (χ4v) is 3.94. The Morgan fingerprint density at radius 3 is 2.38 bits per heavy atom. The largest absolute Gasteiger partial charge is 0.397 e. The fourth-order valence-electron chi connectivity index (χ4n) is 3.94. The second kappa shape index (κ2) is 20.2. The first kappa shape index (κ1) is 36.3. The number of nitrogens with one attached hydrogen (secondary N) is 2. The molecule has 232 valence electrons. The lowest BCUT2D eigenvalue weighted by Crippen LogP contribution is -2.33. The minimum absolute atomic E-state index is 0.0255. The first-order valence-electron chi connectivity index (χ1n) is 14.5. The number of anilines is 2. The topological polar surface area (TPSA) is 102 Å². The van der Waals surface area contributed by atoms with Crippen LogP contribution in [0.3, 0.4) is 0 Å². The molecule has 0 saturated carbocycles. The predicted octanol–water partition coefficient (Wildman–Crippen LogP) is 6.79. The van der Waals surface area contributed by atoms with Gasteiger partial charge in [-0.15, -0.1) is 0 Å². The number of ether oxygens (including phenoxy) is 2. The smallest absolute Gasteiger partial charge is 0.276 e. The van der Waals surface area contributed by atoms with Gasteiger partial charge < -0.3 is 30.7 Å². The van der Waals surface area contributed by atoms with Crippen molar-refractivity contribution >= 4 is 17.3 Å². The van der Waals surface area contributed by atoms with Crippen LogP contribution in [0.25, 0.3) is 11.3 Å². The first-order valence-corrected chi connectivity index (χ1v) is 14.5. The lowest BCUT2D eigenvalue weighted by Gasteiger charge is -2.31. The van der Waals surface area contributed by atoms with E-state index >= 15 is 0 Å². The third kappa shape index (κ3) is 11.7. The van der Waals surface area contributed by atoms with E-state index in [1.54, 1.807) is 45.5 Å². The first-order chi connectivity index (χ1) is 20.2. The van der Waals surface area contributed by atoms with Gasteiger partial charge in [0.05, 0.1) is 23.2 Å². The standard InChI is InChI=1S/C25H30FN5O.C5H12O.C3H8O/c1-4-10-22(31-13-7-6-8-14-31)21(5-2)29-25(32)24-20(27)16-19(26)23(30-24)17-11-9-12-18(15-17)28-3;1-4-5(2)6-3;1-3-4-2/h4-5,9-12,15-16,28H,2,6-8,13-14,27H2,1,3H3,(H,29,32);5H,4H2,1-3H3;3H2,1-2H3/b10-4-,22-21-;;. The van der Waals surface area contributed by atoms with Crippen molar-refractivity contribution in [2.75, 3.05) is 52.0 Å². The SMILES string of the molecule is C=C/C(NC(=O)c1nc(-c2cccc(NC)c2)c(F)cc1N)=C(\C=C/C)N1CCCCC1.CCC(C)OC.CCOC. The summed E-state index contributed by atoms with van der Waals surface area (Å²) in [5.41, 5.74) is 8.79. The predicted molar refractivity (Wildman–Crippen MR) is 173 cm³/mol. The van der Waals surface area contributed by atoms with Crippen molar-refractivity contribution in [1.82, 2.24) is 15.2 Å². The van der Waals surface area contributed by atoms with Gasteiger partial charge in [0.15, 0.2) is 11.5 Å². The van der Waals surface area contributed by atoms with E-state index in [2.05, 4.69) is 45.7 Å². The van der Waals surface area contributed by atoms with E-state index in [4.69, 9.17) is 10.5 Å². The zero-order valence-electron chi connectivity index (χ0n) is 26.4. The molecule has 0 bridgehead atoms. The van der Waals surface area contributed by atoms with Gasteiger partial charge in [-0.3, -0.25) is 4.79 Å². The number of hydrogen-bond acceptors (Lipinski definition) is 7.